The maximum atomic E-state index is 9.81. The fourth-order valence-electron chi connectivity index (χ4n) is 5.75. The summed E-state index contributed by atoms with van der Waals surface area (Å²) in [6.45, 7) is 0. The van der Waals surface area contributed by atoms with Crippen molar-refractivity contribution in [1.29, 1.82) is 0 Å². The van der Waals surface area contributed by atoms with Gasteiger partial charge in [-0.1, -0.05) is 169 Å². The van der Waals surface area contributed by atoms with E-state index >= 15 is 0 Å². The van der Waals surface area contributed by atoms with Gasteiger partial charge >= 0.3 is 0 Å². The van der Waals surface area contributed by atoms with Gasteiger partial charge in [-0.25, -0.2) is 0 Å². The van der Waals surface area contributed by atoms with Crippen molar-refractivity contribution in [3.8, 4) is 44.5 Å². The second kappa shape index (κ2) is 13.3. The zero-order chi connectivity index (χ0) is 52.3. The predicted molar refractivity (Wildman–Crippen MR) is 218 cm³/mol. The Kier molecular flexibility index (Phi) is 4.03. The number of fused-ring (bicyclic) bond motifs is 2. The first kappa shape index (κ1) is 15.5. The summed E-state index contributed by atoms with van der Waals surface area (Å²) in [5.41, 5.74) is -5.18. The van der Waals surface area contributed by atoms with Crippen molar-refractivity contribution < 1.29 is 28.8 Å². The number of hydrogen-bond donors (Lipinski definition) is 0. The topological polar surface area (TPSA) is 3.24 Å². The molecule has 240 valence electrons. The highest BCUT2D eigenvalue weighted by molar-refractivity contribution is 5.97. The number of rotatable bonds is 7. The van der Waals surface area contributed by atoms with Gasteiger partial charge in [0.1, 0.15) is 0 Å². The zero-order valence-corrected chi connectivity index (χ0v) is 26.5. The van der Waals surface area contributed by atoms with Gasteiger partial charge < -0.3 is 4.90 Å². The summed E-state index contributed by atoms with van der Waals surface area (Å²) in [5.74, 6) is 0. The van der Waals surface area contributed by atoms with Crippen LogP contribution >= 0.6 is 0 Å². The first-order valence-electron chi connectivity index (χ1n) is 26.3. The smallest absolute Gasteiger partial charge is 0.0651 e. The van der Waals surface area contributed by atoms with Gasteiger partial charge in [0.2, 0.25) is 0 Å². The largest absolute Gasteiger partial charge is 0.310 e. The van der Waals surface area contributed by atoms with Crippen molar-refractivity contribution in [3.63, 3.8) is 0 Å². The van der Waals surface area contributed by atoms with Crippen molar-refractivity contribution in [3.05, 3.63) is 212 Å². The molecule has 51 heavy (non-hydrogen) atoms. The molecule has 0 saturated carbocycles. The van der Waals surface area contributed by atoms with Crippen molar-refractivity contribution in [2.24, 2.45) is 0 Å². The van der Waals surface area contributed by atoms with Crippen molar-refractivity contribution in [2.75, 3.05) is 4.90 Å². The lowest BCUT2D eigenvalue weighted by molar-refractivity contribution is 1.28. The van der Waals surface area contributed by atoms with E-state index in [0.717, 1.165) is 5.39 Å². The van der Waals surface area contributed by atoms with Crippen LogP contribution in [0.1, 0.15) is 28.8 Å². The van der Waals surface area contributed by atoms with E-state index in [1.165, 1.54) is 0 Å². The minimum Gasteiger partial charge on any atom is -0.310 e. The highest BCUT2D eigenvalue weighted by Crippen LogP contribution is 2.39. The van der Waals surface area contributed by atoms with Gasteiger partial charge in [-0.15, -0.1) is 0 Å². The van der Waals surface area contributed by atoms with Crippen LogP contribution in [0.25, 0.3) is 66.1 Å². The van der Waals surface area contributed by atoms with Gasteiger partial charge in [0, 0.05) is 17.1 Å². The fraction of sp³-hybridized carbons (Fsp3) is 0. The molecule has 0 unspecified atom stereocenters. The molecule has 0 atom stereocenters. The molecule has 0 fully saturated rings. The molecule has 0 N–H and O–H groups in total. The summed E-state index contributed by atoms with van der Waals surface area (Å²) in [5, 5.41) is 2.72. The normalized spacial score (nSPS) is 16.9. The van der Waals surface area contributed by atoms with Crippen molar-refractivity contribution in [2.45, 2.75) is 0 Å². The Balaban J connectivity index is 1.38. The molecule has 0 spiro atoms. The van der Waals surface area contributed by atoms with E-state index in [1.807, 2.05) is 12.1 Å². The molecule has 0 saturated heterocycles. The zero-order valence-electron chi connectivity index (χ0n) is 47.5. The molecular weight excluding hydrogens is 615 g/mol. The summed E-state index contributed by atoms with van der Waals surface area (Å²) in [7, 11) is 0. The summed E-state index contributed by atoms with van der Waals surface area (Å²) in [6, 6.07) is 6.20. The monoisotopic (exact) mass is 670 g/mol. The summed E-state index contributed by atoms with van der Waals surface area (Å²) < 4.78 is 191. The Bertz CT molecular complexity index is 3730. The second-order valence-electron chi connectivity index (χ2n) is 11.3. The van der Waals surface area contributed by atoms with E-state index in [9.17, 15) is 13.7 Å². The van der Waals surface area contributed by atoms with Crippen LogP contribution in [-0.4, -0.2) is 0 Å². The first-order valence-corrected chi connectivity index (χ1v) is 15.8. The molecule has 0 aromatic heterocycles. The third-order valence-corrected chi connectivity index (χ3v) is 8.23. The van der Waals surface area contributed by atoms with E-state index < -0.39 is 166 Å². The lowest BCUT2D eigenvalue weighted by atomic mass is 9.97. The Labute approximate surface area is 328 Å². The molecule has 0 radical (unpaired) electrons. The van der Waals surface area contributed by atoms with Crippen LogP contribution in [0.15, 0.2) is 212 Å². The third kappa shape index (κ3) is 6.07. The Hall–Kier alpha value is -6.70. The average Bonchev–Trinajstić information content (AvgIpc) is 3.37. The van der Waals surface area contributed by atoms with Gasteiger partial charge in [-0.05, 0) is 108 Å². The summed E-state index contributed by atoms with van der Waals surface area (Å²) in [6.07, 6.45) is 0. The molecular formula is C50H35N. The minimum atomic E-state index is -1.06. The molecule has 0 aliphatic heterocycles. The lowest BCUT2D eigenvalue weighted by Crippen LogP contribution is -2.10. The van der Waals surface area contributed by atoms with Gasteiger partial charge in [-0.2, -0.15) is 0 Å². The molecule has 9 aromatic rings. The molecule has 9 rings (SSSR count). The first-order chi connectivity index (χ1) is 34.0. The molecule has 0 amide bonds. The van der Waals surface area contributed by atoms with E-state index in [-0.39, 0.29) is 22.3 Å². The van der Waals surface area contributed by atoms with Crippen LogP contribution in [-0.2, 0) is 0 Å². The van der Waals surface area contributed by atoms with Gasteiger partial charge in [-0.3, -0.25) is 0 Å². The third-order valence-electron chi connectivity index (χ3n) is 8.23. The van der Waals surface area contributed by atoms with Crippen molar-refractivity contribution >= 4 is 38.6 Å². The quantitative estimate of drug-likeness (QED) is 0.163. The van der Waals surface area contributed by atoms with Crippen LogP contribution in [0.5, 0.6) is 0 Å². The SMILES string of the molecule is [2H]c1c([2H])c([2H])c(-c2c([2H])c([2H])c(-c3c([2H])c([2H])c(N(c4c([2H])c([2H])c(-c5ccc6ccccc6c5)c([2H])c4[2H])c4c([2H])c([2H])c([2H])c(-c5cccc6ccccc56)c4[2H])c([2H])c3[2H])c([2H])c2[2H])c([2H])c1[2H]. The average molecular weight is 671 g/mol. The van der Waals surface area contributed by atoms with E-state index in [2.05, 4.69) is 0 Å². The van der Waals surface area contributed by atoms with Crippen LogP contribution in [0.3, 0.4) is 0 Å². The Morgan fingerprint density at radius 3 is 1.55 bits per heavy atom. The highest BCUT2D eigenvalue weighted by Gasteiger charge is 2.15. The molecule has 1 heteroatoms. The fourth-order valence-corrected chi connectivity index (χ4v) is 5.75. The Morgan fingerprint density at radius 1 is 0.333 bits per heavy atom. The molecule has 1 nitrogen and oxygen atoms in total. The van der Waals surface area contributed by atoms with E-state index in [1.54, 1.807) is 72.8 Å². The van der Waals surface area contributed by atoms with E-state index in [4.69, 9.17) is 15.1 Å². The molecule has 0 aliphatic carbocycles. The Morgan fingerprint density at radius 2 is 0.863 bits per heavy atom. The molecule has 0 bridgehead atoms. The summed E-state index contributed by atoms with van der Waals surface area (Å²) >= 11 is 0. The standard InChI is InChI=1S/C50H35N/c1-2-10-36(11-3-1)38-20-22-39(23-21-38)40-26-30-46(31-27-40)51(47-32-28-41(29-33-47)44-25-24-37-12-4-5-14-43(37)34-44)48-17-8-16-45(35-48)50-19-9-15-42-13-6-7-18-49(42)50/h1-35H/i1D,2D,3D,8D,10D,11D,16D,17D,20D,21D,22D,23D,26D,27D,28D,29D,30D,31D,32D,33D,35D. The molecule has 0 heterocycles. The minimum absolute atomic E-state index is 0.166. The summed E-state index contributed by atoms with van der Waals surface area (Å²) in [4.78, 5) is 0.669. The van der Waals surface area contributed by atoms with Gasteiger partial charge in [0.05, 0.1) is 28.8 Å². The van der Waals surface area contributed by atoms with Crippen LogP contribution in [0.2, 0.25) is 0 Å². The number of hydrogen-bond acceptors (Lipinski definition) is 1. The van der Waals surface area contributed by atoms with Crippen LogP contribution < -0.4 is 4.90 Å². The predicted octanol–water partition coefficient (Wildman–Crippen LogP) is 14.1. The number of benzene rings is 9. The number of anilines is 3. The van der Waals surface area contributed by atoms with E-state index in [0.29, 0.717) is 21.1 Å². The van der Waals surface area contributed by atoms with Crippen molar-refractivity contribution in [1.82, 2.24) is 0 Å². The van der Waals surface area contributed by atoms with Gasteiger partial charge in [0.15, 0.2) is 0 Å². The van der Waals surface area contributed by atoms with Crippen LogP contribution in [0, 0.1) is 0 Å². The second-order valence-corrected chi connectivity index (χ2v) is 11.3. The molecule has 0 aliphatic rings. The highest BCUT2D eigenvalue weighted by atomic mass is 15.1. The molecule has 9 aromatic carbocycles. The maximum absolute atomic E-state index is 9.81. The van der Waals surface area contributed by atoms with Crippen LogP contribution in [0.4, 0.5) is 17.1 Å². The maximum Gasteiger partial charge on any atom is 0.0651 e. The van der Waals surface area contributed by atoms with Gasteiger partial charge in [0.25, 0.3) is 0 Å². The number of nitrogens with zero attached hydrogens (tertiary/aromatic N) is 1. The lowest BCUT2D eigenvalue weighted by Gasteiger charge is -2.26.